The van der Waals surface area contributed by atoms with Crippen LogP contribution in [0.1, 0.15) is 16.8 Å². The summed E-state index contributed by atoms with van der Waals surface area (Å²) in [4.78, 5) is 21.8. The molecule has 0 aliphatic rings. The molecule has 94 valence electrons. The molecule has 0 aliphatic carbocycles. The highest BCUT2D eigenvalue weighted by atomic mass is 16.6. The van der Waals surface area contributed by atoms with Gasteiger partial charge in [0.25, 0.3) is 11.6 Å². The van der Waals surface area contributed by atoms with Gasteiger partial charge in [-0.05, 0) is 6.07 Å². The predicted molar refractivity (Wildman–Crippen MR) is 65.4 cm³/mol. The summed E-state index contributed by atoms with van der Waals surface area (Å²) in [5.41, 5.74) is 0.104. The molecule has 0 saturated carbocycles. The van der Waals surface area contributed by atoms with Crippen LogP contribution in [0.4, 0.5) is 5.69 Å². The molecule has 0 spiro atoms. The average Bonchev–Trinajstić information content (AvgIpc) is 2.38. The number of nitrogens with one attached hydrogen (secondary N) is 1. The topological polar surface area (TPSA) is 81.5 Å². The second-order valence-electron chi connectivity index (χ2n) is 3.35. The Morgan fingerprint density at radius 1 is 1.61 bits per heavy atom. The van der Waals surface area contributed by atoms with Crippen LogP contribution in [0.15, 0.2) is 18.2 Å². The van der Waals surface area contributed by atoms with Gasteiger partial charge in [0.05, 0.1) is 23.7 Å². The van der Waals surface area contributed by atoms with E-state index in [9.17, 15) is 14.9 Å². The highest BCUT2D eigenvalue weighted by Gasteiger charge is 2.16. The van der Waals surface area contributed by atoms with Gasteiger partial charge in [0.15, 0.2) is 0 Å². The first kappa shape index (κ1) is 13.5. The molecule has 0 aromatic heterocycles. The lowest BCUT2D eigenvalue weighted by atomic mass is 10.1. The zero-order valence-corrected chi connectivity index (χ0v) is 9.80. The summed E-state index contributed by atoms with van der Waals surface area (Å²) in [7, 11) is 1.34. The molecule has 0 atom stereocenters. The van der Waals surface area contributed by atoms with Crippen molar-refractivity contribution < 1.29 is 14.5 Å². The number of methoxy groups -OCH3 is 1. The van der Waals surface area contributed by atoms with Gasteiger partial charge in [0.1, 0.15) is 5.75 Å². The third-order valence-corrected chi connectivity index (χ3v) is 2.20. The zero-order valence-electron chi connectivity index (χ0n) is 9.80. The first-order valence-electron chi connectivity index (χ1n) is 5.14. The second kappa shape index (κ2) is 6.25. The maximum atomic E-state index is 11.8. The Bertz CT molecular complexity index is 505. The van der Waals surface area contributed by atoms with Gasteiger partial charge in [-0.15, -0.1) is 12.3 Å². The average molecular weight is 248 g/mol. The van der Waals surface area contributed by atoms with Gasteiger partial charge in [-0.25, -0.2) is 0 Å². The SMILES string of the molecule is C#CCCNC(=O)c1ccc([N+](=O)[O-])cc1OC. The third kappa shape index (κ3) is 3.22. The molecule has 0 aliphatic heterocycles. The zero-order chi connectivity index (χ0) is 13.5. The molecule has 0 fully saturated rings. The van der Waals surface area contributed by atoms with E-state index >= 15 is 0 Å². The molecule has 1 rings (SSSR count). The second-order valence-corrected chi connectivity index (χ2v) is 3.35. The van der Waals surface area contributed by atoms with Crippen LogP contribution in [0.25, 0.3) is 0 Å². The molecule has 6 heteroatoms. The Hall–Kier alpha value is -2.55. The number of terminal acetylenes is 1. The number of nitro groups is 1. The summed E-state index contributed by atoms with van der Waals surface area (Å²) in [6, 6.07) is 3.80. The lowest BCUT2D eigenvalue weighted by Gasteiger charge is -2.08. The van der Waals surface area contributed by atoms with E-state index in [0.717, 1.165) is 0 Å². The first-order chi connectivity index (χ1) is 8.60. The molecule has 0 heterocycles. The van der Waals surface area contributed by atoms with Crippen molar-refractivity contribution in [3.05, 3.63) is 33.9 Å². The van der Waals surface area contributed by atoms with Crippen molar-refractivity contribution in [2.24, 2.45) is 0 Å². The number of hydrogen-bond acceptors (Lipinski definition) is 4. The summed E-state index contributed by atoms with van der Waals surface area (Å²) in [6.07, 6.45) is 5.48. The number of hydrogen-bond donors (Lipinski definition) is 1. The Morgan fingerprint density at radius 2 is 2.33 bits per heavy atom. The number of non-ortho nitro benzene ring substituents is 1. The minimum atomic E-state index is -0.553. The molecule has 0 saturated heterocycles. The Balaban J connectivity index is 2.92. The highest BCUT2D eigenvalue weighted by molar-refractivity contribution is 5.97. The third-order valence-electron chi connectivity index (χ3n) is 2.20. The molecule has 1 aromatic rings. The Morgan fingerprint density at radius 3 is 2.89 bits per heavy atom. The van der Waals surface area contributed by atoms with Crippen molar-refractivity contribution in [2.45, 2.75) is 6.42 Å². The summed E-state index contributed by atoms with van der Waals surface area (Å²) in [5, 5.41) is 13.2. The standard InChI is InChI=1S/C12H12N2O4/c1-3-4-7-13-12(15)10-6-5-9(14(16)17)8-11(10)18-2/h1,5-6,8H,4,7H2,2H3,(H,13,15). The van der Waals surface area contributed by atoms with Crippen molar-refractivity contribution in [2.75, 3.05) is 13.7 Å². The van der Waals surface area contributed by atoms with Crippen molar-refractivity contribution in [1.82, 2.24) is 5.32 Å². The van der Waals surface area contributed by atoms with Crippen LogP contribution in [-0.4, -0.2) is 24.5 Å². The van der Waals surface area contributed by atoms with Crippen LogP contribution >= 0.6 is 0 Å². The molecular weight excluding hydrogens is 236 g/mol. The minimum absolute atomic E-state index is 0.132. The van der Waals surface area contributed by atoms with E-state index in [-0.39, 0.29) is 22.9 Å². The number of carbonyl (C=O) groups is 1. The molecular formula is C12H12N2O4. The number of nitro benzene ring substituents is 1. The van der Waals surface area contributed by atoms with E-state index in [2.05, 4.69) is 11.2 Å². The number of ether oxygens (including phenoxy) is 1. The Kier molecular flexibility index (Phi) is 4.69. The summed E-state index contributed by atoms with van der Waals surface area (Å²) in [5.74, 6) is 2.17. The lowest BCUT2D eigenvalue weighted by molar-refractivity contribution is -0.384. The summed E-state index contributed by atoms with van der Waals surface area (Å²) < 4.78 is 4.96. The maximum absolute atomic E-state index is 11.8. The van der Waals surface area contributed by atoms with E-state index < -0.39 is 4.92 Å². The van der Waals surface area contributed by atoms with Crippen molar-refractivity contribution in [3.8, 4) is 18.1 Å². The highest BCUT2D eigenvalue weighted by Crippen LogP contribution is 2.24. The number of rotatable bonds is 5. The summed E-state index contributed by atoms with van der Waals surface area (Å²) in [6.45, 7) is 0.343. The fourth-order valence-electron chi connectivity index (χ4n) is 1.32. The molecule has 1 N–H and O–H groups in total. The molecule has 1 aromatic carbocycles. The lowest BCUT2D eigenvalue weighted by Crippen LogP contribution is -2.24. The van der Waals surface area contributed by atoms with Gasteiger partial charge < -0.3 is 10.1 Å². The molecule has 0 bridgehead atoms. The van der Waals surface area contributed by atoms with E-state index in [1.807, 2.05) is 0 Å². The molecule has 6 nitrogen and oxygen atoms in total. The van der Waals surface area contributed by atoms with Crippen molar-refractivity contribution in [1.29, 1.82) is 0 Å². The number of benzene rings is 1. The smallest absolute Gasteiger partial charge is 0.273 e. The first-order valence-corrected chi connectivity index (χ1v) is 5.14. The summed E-state index contributed by atoms with van der Waals surface area (Å²) >= 11 is 0. The van der Waals surface area contributed by atoms with Crippen molar-refractivity contribution >= 4 is 11.6 Å². The van der Waals surface area contributed by atoms with Crippen LogP contribution in [0.2, 0.25) is 0 Å². The fraction of sp³-hybridized carbons (Fsp3) is 0.250. The quantitative estimate of drug-likeness (QED) is 0.369. The maximum Gasteiger partial charge on any atom is 0.273 e. The van der Waals surface area contributed by atoms with Crippen molar-refractivity contribution in [3.63, 3.8) is 0 Å². The van der Waals surface area contributed by atoms with Gasteiger partial charge in [-0.1, -0.05) is 0 Å². The van der Waals surface area contributed by atoms with Crippen LogP contribution in [-0.2, 0) is 0 Å². The van der Waals surface area contributed by atoms with Crippen LogP contribution in [0.5, 0.6) is 5.75 Å². The van der Waals surface area contributed by atoms with E-state index in [1.54, 1.807) is 0 Å². The van der Waals surface area contributed by atoms with Gasteiger partial charge in [-0.3, -0.25) is 14.9 Å². The molecule has 18 heavy (non-hydrogen) atoms. The Labute approximate surface area is 104 Å². The van der Waals surface area contributed by atoms with Crippen LogP contribution in [0.3, 0.4) is 0 Å². The fourth-order valence-corrected chi connectivity index (χ4v) is 1.32. The normalized spacial score (nSPS) is 9.33. The van der Waals surface area contributed by atoms with Gasteiger partial charge in [0, 0.05) is 19.0 Å². The van der Waals surface area contributed by atoms with Gasteiger partial charge >= 0.3 is 0 Å². The van der Waals surface area contributed by atoms with E-state index in [4.69, 9.17) is 11.2 Å². The van der Waals surface area contributed by atoms with Crippen LogP contribution in [0, 0.1) is 22.5 Å². The predicted octanol–water partition coefficient (Wildman–Crippen LogP) is 1.36. The molecule has 1 amide bonds. The minimum Gasteiger partial charge on any atom is -0.496 e. The largest absolute Gasteiger partial charge is 0.496 e. The van der Waals surface area contributed by atoms with Gasteiger partial charge in [-0.2, -0.15) is 0 Å². The number of carbonyl (C=O) groups excluding carboxylic acids is 1. The molecule has 0 radical (unpaired) electrons. The van der Waals surface area contributed by atoms with E-state index in [0.29, 0.717) is 13.0 Å². The van der Waals surface area contributed by atoms with Crippen LogP contribution < -0.4 is 10.1 Å². The number of nitrogens with zero attached hydrogens (tertiary/aromatic N) is 1. The van der Waals surface area contributed by atoms with Gasteiger partial charge in [0.2, 0.25) is 0 Å². The van der Waals surface area contributed by atoms with E-state index in [1.165, 1.54) is 25.3 Å². The molecule has 0 unspecified atom stereocenters. The monoisotopic (exact) mass is 248 g/mol. The number of amides is 1.